The highest BCUT2D eigenvalue weighted by molar-refractivity contribution is 6.03. The molecule has 4 rings (SSSR count). The summed E-state index contributed by atoms with van der Waals surface area (Å²) >= 11 is 0. The Bertz CT molecular complexity index is 1190. The van der Waals surface area contributed by atoms with Crippen molar-refractivity contribution in [3.63, 3.8) is 0 Å². The van der Waals surface area contributed by atoms with Gasteiger partial charge in [0.2, 0.25) is 0 Å². The molecule has 1 fully saturated rings. The molecule has 0 spiro atoms. The molecule has 2 N–H and O–H groups in total. The molecular formula is C27H34N4O2. The standard InChI is InChI=1S/C27H34N4O2/c1-18(28-20-16-26(2,3)30-27(4,5)17-20)23-24(19-10-8-7-9-11-19)29-31(25(23)32)21-12-14-22(33-6)15-13-21/h7-15,20,29-30H,16-17H2,1-6H3. The molecule has 1 saturated heterocycles. The fraction of sp³-hybridized carbons (Fsp3) is 0.407. The summed E-state index contributed by atoms with van der Waals surface area (Å²) in [7, 11) is 1.63. The van der Waals surface area contributed by atoms with Gasteiger partial charge in [0.1, 0.15) is 5.75 Å². The fourth-order valence-electron chi connectivity index (χ4n) is 5.20. The average Bonchev–Trinajstić information content (AvgIpc) is 3.09. The Kier molecular flexibility index (Phi) is 6.06. The van der Waals surface area contributed by atoms with Gasteiger partial charge in [-0.25, -0.2) is 4.68 Å². The van der Waals surface area contributed by atoms with Gasteiger partial charge in [-0.3, -0.25) is 14.9 Å². The highest BCUT2D eigenvalue weighted by Gasteiger charge is 2.37. The maximum Gasteiger partial charge on any atom is 0.280 e. The minimum Gasteiger partial charge on any atom is -0.497 e. The maximum atomic E-state index is 13.7. The molecule has 0 amide bonds. The average molecular weight is 447 g/mol. The van der Waals surface area contributed by atoms with Gasteiger partial charge in [-0.2, -0.15) is 0 Å². The molecule has 0 radical (unpaired) electrons. The molecule has 1 aliphatic heterocycles. The molecule has 0 atom stereocenters. The largest absolute Gasteiger partial charge is 0.497 e. The molecule has 174 valence electrons. The highest BCUT2D eigenvalue weighted by Crippen LogP contribution is 2.31. The van der Waals surface area contributed by atoms with Crippen LogP contribution in [0.2, 0.25) is 0 Å². The van der Waals surface area contributed by atoms with Crippen molar-refractivity contribution in [3.05, 3.63) is 70.5 Å². The fourth-order valence-corrected chi connectivity index (χ4v) is 5.20. The summed E-state index contributed by atoms with van der Waals surface area (Å²) in [6.07, 6.45) is 1.84. The van der Waals surface area contributed by atoms with Gasteiger partial charge in [-0.15, -0.1) is 0 Å². The van der Waals surface area contributed by atoms with Crippen LogP contribution >= 0.6 is 0 Å². The van der Waals surface area contributed by atoms with E-state index in [1.807, 2.05) is 61.5 Å². The molecule has 3 aromatic rings. The predicted molar refractivity (Wildman–Crippen MR) is 135 cm³/mol. The van der Waals surface area contributed by atoms with E-state index in [9.17, 15) is 4.79 Å². The Morgan fingerprint density at radius 2 is 1.61 bits per heavy atom. The monoisotopic (exact) mass is 446 g/mol. The molecule has 33 heavy (non-hydrogen) atoms. The second kappa shape index (κ2) is 8.67. The lowest BCUT2D eigenvalue weighted by Gasteiger charge is -2.45. The summed E-state index contributed by atoms with van der Waals surface area (Å²) in [5.41, 5.74) is 3.74. The van der Waals surface area contributed by atoms with Gasteiger partial charge in [-0.1, -0.05) is 30.3 Å². The number of piperidine rings is 1. The van der Waals surface area contributed by atoms with Crippen molar-refractivity contribution in [2.45, 2.75) is 64.6 Å². The first-order chi connectivity index (χ1) is 15.6. The first-order valence-corrected chi connectivity index (χ1v) is 11.5. The van der Waals surface area contributed by atoms with Crippen molar-refractivity contribution >= 4 is 5.71 Å². The van der Waals surface area contributed by atoms with E-state index in [0.29, 0.717) is 5.56 Å². The number of H-pyrrole nitrogens is 1. The summed E-state index contributed by atoms with van der Waals surface area (Å²) < 4.78 is 6.86. The number of aromatic amines is 1. The van der Waals surface area contributed by atoms with Crippen LogP contribution in [0.15, 0.2) is 64.4 Å². The van der Waals surface area contributed by atoms with E-state index in [1.165, 1.54) is 0 Å². The molecule has 1 aliphatic rings. The first-order valence-electron chi connectivity index (χ1n) is 11.5. The third-order valence-electron chi connectivity index (χ3n) is 6.19. The lowest BCUT2D eigenvalue weighted by Crippen LogP contribution is -2.58. The highest BCUT2D eigenvalue weighted by atomic mass is 16.5. The van der Waals surface area contributed by atoms with Crippen molar-refractivity contribution < 1.29 is 4.74 Å². The van der Waals surface area contributed by atoms with Crippen molar-refractivity contribution in [2.75, 3.05) is 7.11 Å². The van der Waals surface area contributed by atoms with E-state index in [4.69, 9.17) is 9.73 Å². The van der Waals surface area contributed by atoms with Gasteiger partial charge in [0, 0.05) is 22.4 Å². The van der Waals surface area contributed by atoms with Crippen molar-refractivity contribution in [1.82, 2.24) is 15.1 Å². The van der Waals surface area contributed by atoms with Gasteiger partial charge in [0.25, 0.3) is 5.56 Å². The van der Waals surface area contributed by atoms with Crippen LogP contribution in [0, 0.1) is 0 Å². The van der Waals surface area contributed by atoms with Crippen LogP contribution < -0.4 is 15.6 Å². The molecule has 0 aliphatic carbocycles. The van der Waals surface area contributed by atoms with Crippen molar-refractivity contribution in [1.29, 1.82) is 0 Å². The quantitative estimate of drug-likeness (QED) is 0.544. The van der Waals surface area contributed by atoms with E-state index in [-0.39, 0.29) is 22.7 Å². The molecule has 2 aromatic carbocycles. The van der Waals surface area contributed by atoms with E-state index in [2.05, 4.69) is 38.1 Å². The Balaban J connectivity index is 1.81. The number of rotatable bonds is 5. The third kappa shape index (κ3) is 4.96. The topological polar surface area (TPSA) is 71.4 Å². The van der Waals surface area contributed by atoms with E-state index < -0.39 is 0 Å². The molecule has 6 heteroatoms. The van der Waals surface area contributed by atoms with Gasteiger partial charge in [0.15, 0.2) is 0 Å². The van der Waals surface area contributed by atoms with Gasteiger partial charge >= 0.3 is 0 Å². The molecule has 0 saturated carbocycles. The molecular weight excluding hydrogens is 412 g/mol. The Hall–Kier alpha value is -3.12. The van der Waals surface area contributed by atoms with Gasteiger partial charge in [-0.05, 0) is 71.7 Å². The van der Waals surface area contributed by atoms with Crippen LogP contribution in [0.3, 0.4) is 0 Å². The lowest BCUT2D eigenvalue weighted by atomic mass is 9.80. The molecule has 1 aromatic heterocycles. The number of hydrogen-bond donors (Lipinski definition) is 2. The number of nitrogens with zero attached hydrogens (tertiary/aromatic N) is 2. The predicted octanol–water partition coefficient (Wildman–Crippen LogP) is 4.96. The number of hydrogen-bond acceptors (Lipinski definition) is 4. The third-order valence-corrected chi connectivity index (χ3v) is 6.19. The summed E-state index contributed by atoms with van der Waals surface area (Å²) in [6.45, 7) is 10.8. The maximum absolute atomic E-state index is 13.7. The van der Waals surface area contributed by atoms with Crippen LogP contribution in [0.5, 0.6) is 5.75 Å². The second-order valence-electron chi connectivity index (χ2n) is 10.2. The zero-order valence-electron chi connectivity index (χ0n) is 20.4. The Morgan fingerprint density at radius 3 is 2.18 bits per heavy atom. The van der Waals surface area contributed by atoms with Crippen LogP contribution in [-0.4, -0.2) is 39.7 Å². The van der Waals surface area contributed by atoms with Crippen LogP contribution in [0.25, 0.3) is 16.9 Å². The summed E-state index contributed by atoms with van der Waals surface area (Å²) in [5, 5.41) is 7.05. The number of aromatic nitrogens is 2. The zero-order chi connectivity index (χ0) is 23.8. The number of nitrogens with one attached hydrogen (secondary N) is 2. The summed E-state index contributed by atoms with van der Waals surface area (Å²) in [6, 6.07) is 17.5. The minimum absolute atomic E-state index is 0.0140. The Labute approximate surface area is 195 Å². The number of ether oxygens (including phenoxy) is 1. The SMILES string of the molecule is COc1ccc(-n2[nH]c(-c3ccccc3)c(C(C)=NC3CC(C)(C)NC(C)(C)C3)c2=O)cc1. The zero-order valence-corrected chi connectivity index (χ0v) is 20.4. The smallest absolute Gasteiger partial charge is 0.280 e. The van der Waals surface area contributed by atoms with E-state index in [1.54, 1.807) is 11.8 Å². The van der Waals surface area contributed by atoms with Crippen LogP contribution in [0.1, 0.15) is 53.0 Å². The van der Waals surface area contributed by atoms with Crippen molar-refractivity contribution in [3.8, 4) is 22.7 Å². The van der Waals surface area contributed by atoms with Gasteiger partial charge in [0.05, 0.1) is 30.1 Å². The summed E-state index contributed by atoms with van der Waals surface area (Å²) in [5.74, 6) is 0.746. The van der Waals surface area contributed by atoms with E-state index >= 15 is 0 Å². The van der Waals surface area contributed by atoms with Crippen LogP contribution in [-0.2, 0) is 0 Å². The molecule has 0 unspecified atom stereocenters. The molecule has 2 heterocycles. The first kappa shape index (κ1) is 23.1. The number of methoxy groups -OCH3 is 1. The number of benzene rings is 2. The molecule has 0 bridgehead atoms. The van der Waals surface area contributed by atoms with Crippen LogP contribution in [0.4, 0.5) is 0 Å². The number of aliphatic imine (C=N–C) groups is 1. The van der Waals surface area contributed by atoms with Crippen molar-refractivity contribution in [2.24, 2.45) is 4.99 Å². The lowest BCUT2D eigenvalue weighted by molar-refractivity contribution is 0.164. The normalized spacial score (nSPS) is 18.3. The minimum atomic E-state index is -0.104. The second-order valence-corrected chi connectivity index (χ2v) is 10.2. The van der Waals surface area contributed by atoms with Gasteiger partial charge < -0.3 is 10.1 Å². The molecule has 6 nitrogen and oxygen atoms in total. The Morgan fingerprint density at radius 1 is 1.00 bits per heavy atom. The summed E-state index contributed by atoms with van der Waals surface area (Å²) in [4.78, 5) is 18.8. The van der Waals surface area contributed by atoms with E-state index in [0.717, 1.165) is 41.2 Å².